The van der Waals surface area contributed by atoms with Gasteiger partial charge in [0.25, 0.3) is 0 Å². The van der Waals surface area contributed by atoms with E-state index in [0.717, 1.165) is 0 Å². The summed E-state index contributed by atoms with van der Waals surface area (Å²) in [4.78, 5) is 0. The van der Waals surface area contributed by atoms with Gasteiger partial charge in [0.1, 0.15) is 0 Å². The van der Waals surface area contributed by atoms with Gasteiger partial charge in [-0.2, -0.15) is 0 Å². The van der Waals surface area contributed by atoms with Crippen LogP contribution in [0.15, 0.2) is 0 Å². The van der Waals surface area contributed by atoms with Crippen LogP contribution in [-0.2, 0) is 9.47 Å². The number of rotatable bonds is 1. The van der Waals surface area contributed by atoms with Gasteiger partial charge in [-0.1, -0.05) is 13.8 Å². The molecule has 1 rings (SSSR count). The molecule has 1 heterocycles. The fourth-order valence-electron chi connectivity index (χ4n) is 1.17. The standard InChI is InChI=1S/C8H16O3/c1-6-10-5-8(2,3)7(4-9)11-6/h6-7,9H,4-5H2,1-3H3. The molecule has 0 radical (unpaired) electrons. The van der Waals surface area contributed by atoms with Crippen molar-refractivity contribution >= 4 is 0 Å². The van der Waals surface area contributed by atoms with Crippen molar-refractivity contribution < 1.29 is 14.6 Å². The van der Waals surface area contributed by atoms with Gasteiger partial charge in [-0.15, -0.1) is 0 Å². The number of aliphatic hydroxyl groups is 1. The molecule has 1 aliphatic rings. The molecule has 3 heteroatoms. The van der Waals surface area contributed by atoms with E-state index in [4.69, 9.17) is 14.6 Å². The Bertz CT molecular complexity index is 133. The molecule has 1 saturated heterocycles. The summed E-state index contributed by atoms with van der Waals surface area (Å²) in [5, 5.41) is 8.96. The zero-order valence-electron chi connectivity index (χ0n) is 7.33. The van der Waals surface area contributed by atoms with Crippen molar-refractivity contribution in [2.45, 2.75) is 33.2 Å². The molecule has 2 atom stereocenters. The van der Waals surface area contributed by atoms with Gasteiger partial charge in [0, 0.05) is 5.41 Å². The molecule has 0 bridgehead atoms. The monoisotopic (exact) mass is 160 g/mol. The highest BCUT2D eigenvalue weighted by Gasteiger charge is 2.36. The molecular weight excluding hydrogens is 144 g/mol. The third-order valence-electron chi connectivity index (χ3n) is 2.08. The van der Waals surface area contributed by atoms with Gasteiger partial charge in [-0.25, -0.2) is 0 Å². The lowest BCUT2D eigenvalue weighted by molar-refractivity contribution is -0.258. The SMILES string of the molecule is CC1OCC(C)(C)C(CO)O1. The lowest BCUT2D eigenvalue weighted by Crippen LogP contribution is -2.46. The number of ether oxygens (including phenoxy) is 2. The number of hydrogen-bond donors (Lipinski definition) is 1. The summed E-state index contributed by atoms with van der Waals surface area (Å²) >= 11 is 0. The summed E-state index contributed by atoms with van der Waals surface area (Å²) in [7, 11) is 0. The second kappa shape index (κ2) is 3.09. The van der Waals surface area contributed by atoms with Crippen LogP contribution in [0, 0.1) is 5.41 Å². The molecule has 1 fully saturated rings. The minimum absolute atomic E-state index is 0.0682. The van der Waals surface area contributed by atoms with Crippen LogP contribution in [0.2, 0.25) is 0 Å². The molecule has 1 aliphatic heterocycles. The maximum atomic E-state index is 8.96. The first-order valence-corrected chi connectivity index (χ1v) is 3.94. The zero-order valence-corrected chi connectivity index (χ0v) is 7.33. The van der Waals surface area contributed by atoms with Gasteiger partial charge >= 0.3 is 0 Å². The van der Waals surface area contributed by atoms with Crippen molar-refractivity contribution in [2.24, 2.45) is 5.41 Å². The fraction of sp³-hybridized carbons (Fsp3) is 1.00. The lowest BCUT2D eigenvalue weighted by Gasteiger charge is -2.40. The Hall–Kier alpha value is -0.120. The van der Waals surface area contributed by atoms with E-state index in [1.165, 1.54) is 0 Å². The van der Waals surface area contributed by atoms with Crippen molar-refractivity contribution in [3.63, 3.8) is 0 Å². The zero-order chi connectivity index (χ0) is 8.48. The van der Waals surface area contributed by atoms with E-state index in [9.17, 15) is 0 Å². The van der Waals surface area contributed by atoms with Crippen molar-refractivity contribution in [2.75, 3.05) is 13.2 Å². The Kier molecular flexibility index (Phi) is 2.52. The van der Waals surface area contributed by atoms with E-state index in [1.807, 2.05) is 20.8 Å². The minimum atomic E-state index is -0.180. The van der Waals surface area contributed by atoms with E-state index in [2.05, 4.69) is 0 Å². The van der Waals surface area contributed by atoms with Gasteiger partial charge in [-0.3, -0.25) is 0 Å². The normalized spacial score (nSPS) is 37.1. The van der Waals surface area contributed by atoms with Gasteiger partial charge in [0.05, 0.1) is 19.3 Å². The first-order chi connectivity index (χ1) is 5.06. The quantitative estimate of drug-likeness (QED) is 0.615. The Morgan fingerprint density at radius 2 is 2.18 bits per heavy atom. The summed E-state index contributed by atoms with van der Waals surface area (Å²) in [5.41, 5.74) is -0.0682. The smallest absolute Gasteiger partial charge is 0.155 e. The second-order valence-electron chi connectivity index (χ2n) is 3.67. The lowest BCUT2D eigenvalue weighted by atomic mass is 9.87. The average molecular weight is 160 g/mol. The molecular formula is C8H16O3. The molecule has 0 aromatic carbocycles. The molecule has 0 saturated carbocycles. The maximum absolute atomic E-state index is 8.96. The van der Waals surface area contributed by atoms with Crippen LogP contribution in [0.4, 0.5) is 0 Å². The number of hydrogen-bond acceptors (Lipinski definition) is 3. The van der Waals surface area contributed by atoms with E-state index in [1.54, 1.807) is 0 Å². The van der Waals surface area contributed by atoms with E-state index >= 15 is 0 Å². The Morgan fingerprint density at radius 3 is 2.64 bits per heavy atom. The van der Waals surface area contributed by atoms with Crippen LogP contribution < -0.4 is 0 Å². The first kappa shape index (κ1) is 8.97. The van der Waals surface area contributed by atoms with E-state index in [0.29, 0.717) is 6.61 Å². The van der Waals surface area contributed by atoms with E-state index in [-0.39, 0.29) is 24.4 Å². The second-order valence-corrected chi connectivity index (χ2v) is 3.67. The van der Waals surface area contributed by atoms with Crippen LogP contribution in [-0.4, -0.2) is 30.7 Å². The highest BCUT2D eigenvalue weighted by atomic mass is 16.7. The fourth-order valence-corrected chi connectivity index (χ4v) is 1.17. The topological polar surface area (TPSA) is 38.7 Å². The Labute approximate surface area is 67.3 Å². The van der Waals surface area contributed by atoms with Crippen LogP contribution in [0.1, 0.15) is 20.8 Å². The minimum Gasteiger partial charge on any atom is -0.394 e. The molecule has 66 valence electrons. The van der Waals surface area contributed by atoms with Gasteiger partial charge in [-0.05, 0) is 6.92 Å². The molecule has 0 aromatic heterocycles. The van der Waals surface area contributed by atoms with Crippen molar-refractivity contribution in [3.8, 4) is 0 Å². The summed E-state index contributed by atoms with van der Waals surface area (Å²) in [6.07, 6.45) is -0.272. The predicted octanol–water partition coefficient (Wildman–Crippen LogP) is 0.766. The van der Waals surface area contributed by atoms with Crippen LogP contribution in [0.5, 0.6) is 0 Å². The first-order valence-electron chi connectivity index (χ1n) is 3.94. The van der Waals surface area contributed by atoms with Crippen molar-refractivity contribution in [3.05, 3.63) is 0 Å². The molecule has 1 N–H and O–H groups in total. The third kappa shape index (κ3) is 1.92. The molecule has 0 aliphatic carbocycles. The summed E-state index contributed by atoms with van der Waals surface area (Å²) in [6, 6.07) is 0. The van der Waals surface area contributed by atoms with Crippen LogP contribution in [0.3, 0.4) is 0 Å². The van der Waals surface area contributed by atoms with Crippen molar-refractivity contribution in [1.82, 2.24) is 0 Å². The van der Waals surface area contributed by atoms with Gasteiger partial charge in [0.2, 0.25) is 0 Å². The average Bonchev–Trinajstić information content (AvgIpc) is 1.94. The summed E-state index contributed by atoms with van der Waals surface area (Å²) < 4.78 is 10.7. The highest BCUT2D eigenvalue weighted by molar-refractivity contribution is 4.81. The summed E-state index contributed by atoms with van der Waals surface area (Å²) in [5.74, 6) is 0. The highest BCUT2D eigenvalue weighted by Crippen LogP contribution is 2.29. The van der Waals surface area contributed by atoms with Crippen LogP contribution in [0.25, 0.3) is 0 Å². The van der Waals surface area contributed by atoms with E-state index < -0.39 is 0 Å². The van der Waals surface area contributed by atoms with Gasteiger partial charge in [0.15, 0.2) is 6.29 Å². The largest absolute Gasteiger partial charge is 0.394 e. The molecule has 0 amide bonds. The molecule has 0 spiro atoms. The molecule has 2 unspecified atom stereocenters. The number of aliphatic hydroxyl groups excluding tert-OH is 1. The Balaban J connectivity index is 2.56. The Morgan fingerprint density at radius 1 is 1.55 bits per heavy atom. The van der Waals surface area contributed by atoms with Gasteiger partial charge < -0.3 is 14.6 Å². The summed E-state index contributed by atoms with van der Waals surface area (Å²) in [6.45, 7) is 6.62. The molecule has 3 nitrogen and oxygen atoms in total. The third-order valence-corrected chi connectivity index (χ3v) is 2.08. The molecule has 11 heavy (non-hydrogen) atoms. The van der Waals surface area contributed by atoms with Crippen molar-refractivity contribution in [1.29, 1.82) is 0 Å². The maximum Gasteiger partial charge on any atom is 0.155 e. The van der Waals surface area contributed by atoms with Crippen LogP contribution >= 0.6 is 0 Å². The molecule has 0 aromatic rings. The predicted molar refractivity (Wildman–Crippen MR) is 41.2 cm³/mol.